The van der Waals surface area contributed by atoms with Gasteiger partial charge in [-0.3, -0.25) is 9.79 Å². The summed E-state index contributed by atoms with van der Waals surface area (Å²) in [5.74, 6) is 1.14. The molecule has 0 unspecified atom stereocenters. The second-order valence-corrected chi connectivity index (χ2v) is 6.09. The number of rotatable bonds is 3. The summed E-state index contributed by atoms with van der Waals surface area (Å²) in [6.45, 7) is 0.593. The van der Waals surface area contributed by atoms with Gasteiger partial charge in [-0.05, 0) is 12.8 Å². The summed E-state index contributed by atoms with van der Waals surface area (Å²) in [7, 11) is 11.6. The average molecular weight is 396 g/mol. The van der Waals surface area contributed by atoms with E-state index in [1.54, 1.807) is 4.90 Å². The highest BCUT2D eigenvalue weighted by atomic mass is 127. The Morgan fingerprint density at radius 3 is 1.75 bits per heavy atom. The van der Waals surface area contributed by atoms with Gasteiger partial charge in [0, 0.05) is 42.3 Å². The molecule has 0 N–H and O–H groups in total. The van der Waals surface area contributed by atoms with Crippen LogP contribution in [-0.4, -0.2) is 75.4 Å². The minimum absolute atomic E-state index is 0. The maximum Gasteiger partial charge on any atom is 0.230 e. The zero-order valence-electron chi connectivity index (χ0n) is 13.6. The molecular formula is C14H29IN4O. The van der Waals surface area contributed by atoms with Crippen LogP contribution in [0.25, 0.3) is 0 Å². The lowest BCUT2D eigenvalue weighted by Crippen LogP contribution is -2.42. The number of carbonyl (C=O) groups is 1. The molecule has 0 aromatic carbocycles. The summed E-state index contributed by atoms with van der Waals surface area (Å²) in [5.41, 5.74) is -0.277. The highest BCUT2D eigenvalue weighted by Crippen LogP contribution is 2.39. The number of nitrogens with zero attached hydrogens (tertiary/aromatic N) is 4. The molecule has 0 aromatic rings. The minimum Gasteiger partial charge on any atom is -0.349 e. The Balaban J connectivity index is 0.00000361. The molecule has 0 atom stereocenters. The number of carbonyl (C=O) groups excluding carboxylic acids is 1. The molecule has 20 heavy (non-hydrogen) atoms. The summed E-state index contributed by atoms with van der Waals surface area (Å²) in [4.78, 5) is 22.8. The molecule has 1 fully saturated rings. The first-order chi connectivity index (χ1) is 8.80. The van der Waals surface area contributed by atoms with Crippen molar-refractivity contribution in [3.05, 3.63) is 0 Å². The topological polar surface area (TPSA) is 39.2 Å². The molecule has 0 spiro atoms. The second-order valence-electron chi connectivity index (χ2n) is 6.09. The fraction of sp³-hybridized carbons (Fsp3) is 0.857. The van der Waals surface area contributed by atoms with Crippen molar-refractivity contribution in [1.82, 2.24) is 14.7 Å². The Bertz CT molecular complexity index is 337. The first-order valence-corrected chi connectivity index (χ1v) is 6.91. The second kappa shape index (κ2) is 8.05. The van der Waals surface area contributed by atoms with Gasteiger partial charge in [0.1, 0.15) is 0 Å². The van der Waals surface area contributed by atoms with Crippen LogP contribution in [0, 0.1) is 5.41 Å². The summed E-state index contributed by atoms with van der Waals surface area (Å²) in [6.07, 6.45) is 4.19. The molecule has 118 valence electrons. The molecule has 0 heterocycles. The van der Waals surface area contributed by atoms with E-state index in [9.17, 15) is 4.79 Å². The van der Waals surface area contributed by atoms with Crippen molar-refractivity contribution in [1.29, 1.82) is 0 Å². The Hall–Kier alpha value is -0.530. The first-order valence-electron chi connectivity index (χ1n) is 6.91. The lowest BCUT2D eigenvalue weighted by atomic mass is 9.85. The van der Waals surface area contributed by atoms with E-state index in [0.29, 0.717) is 6.54 Å². The molecule has 0 aliphatic heterocycles. The number of amides is 1. The number of aliphatic imine (C=N–C) groups is 1. The van der Waals surface area contributed by atoms with Gasteiger partial charge in [-0.1, -0.05) is 12.8 Å². The van der Waals surface area contributed by atoms with E-state index in [-0.39, 0.29) is 35.3 Å². The van der Waals surface area contributed by atoms with Crippen LogP contribution in [0.2, 0.25) is 0 Å². The molecule has 1 aliphatic rings. The van der Waals surface area contributed by atoms with Crippen LogP contribution >= 0.6 is 24.0 Å². The van der Waals surface area contributed by atoms with Gasteiger partial charge >= 0.3 is 0 Å². The normalized spacial score (nSPS) is 16.1. The third-order valence-corrected chi connectivity index (χ3v) is 3.74. The van der Waals surface area contributed by atoms with Crippen LogP contribution < -0.4 is 0 Å². The fourth-order valence-corrected chi connectivity index (χ4v) is 2.87. The third kappa shape index (κ3) is 4.49. The Morgan fingerprint density at radius 2 is 1.40 bits per heavy atom. The lowest BCUT2D eigenvalue weighted by Gasteiger charge is -2.30. The minimum atomic E-state index is -0.277. The molecule has 0 radical (unpaired) electrons. The Labute approximate surface area is 140 Å². The van der Waals surface area contributed by atoms with Gasteiger partial charge in [-0.15, -0.1) is 24.0 Å². The van der Waals surface area contributed by atoms with Crippen molar-refractivity contribution < 1.29 is 4.79 Å². The number of guanidine groups is 1. The summed E-state index contributed by atoms with van der Waals surface area (Å²) in [5, 5.41) is 0. The Morgan fingerprint density at radius 1 is 0.950 bits per heavy atom. The highest BCUT2D eigenvalue weighted by molar-refractivity contribution is 14.0. The monoisotopic (exact) mass is 396 g/mol. The fourth-order valence-electron chi connectivity index (χ4n) is 2.87. The van der Waals surface area contributed by atoms with E-state index < -0.39 is 0 Å². The molecule has 1 saturated carbocycles. The standard InChI is InChI=1S/C14H28N4O.HI/c1-16(2)12(19)14(9-7-8-10-14)11-15-13(17(3)4)18(5)6;/h7-11H2,1-6H3;1H. The van der Waals surface area contributed by atoms with Crippen LogP contribution in [0.15, 0.2) is 4.99 Å². The SMILES string of the molecule is CN(C)C(=O)C1(CN=C(N(C)C)N(C)C)CCCC1.I. The zero-order chi connectivity index (χ0) is 14.6. The van der Waals surface area contributed by atoms with Gasteiger partial charge in [0.25, 0.3) is 0 Å². The smallest absolute Gasteiger partial charge is 0.230 e. The molecule has 0 bridgehead atoms. The van der Waals surface area contributed by atoms with E-state index in [0.717, 1.165) is 31.6 Å². The predicted octanol–water partition coefficient (Wildman–Crippen LogP) is 1.73. The van der Waals surface area contributed by atoms with Crippen LogP contribution in [0.3, 0.4) is 0 Å². The highest BCUT2D eigenvalue weighted by Gasteiger charge is 2.42. The lowest BCUT2D eigenvalue weighted by molar-refractivity contribution is -0.138. The summed E-state index contributed by atoms with van der Waals surface area (Å²) >= 11 is 0. The number of halogens is 1. The molecule has 5 nitrogen and oxygen atoms in total. The maximum absolute atomic E-state index is 12.4. The molecule has 0 saturated heterocycles. The third-order valence-electron chi connectivity index (χ3n) is 3.74. The molecule has 1 aliphatic carbocycles. The number of hydrogen-bond donors (Lipinski definition) is 0. The largest absolute Gasteiger partial charge is 0.349 e. The zero-order valence-corrected chi connectivity index (χ0v) is 16.0. The van der Waals surface area contributed by atoms with Gasteiger partial charge < -0.3 is 14.7 Å². The van der Waals surface area contributed by atoms with Gasteiger partial charge in [0.2, 0.25) is 5.91 Å². The van der Waals surface area contributed by atoms with E-state index in [4.69, 9.17) is 4.99 Å². The van der Waals surface area contributed by atoms with Crippen molar-refractivity contribution in [2.45, 2.75) is 25.7 Å². The average Bonchev–Trinajstić information content (AvgIpc) is 2.77. The van der Waals surface area contributed by atoms with Crippen molar-refractivity contribution >= 4 is 35.8 Å². The predicted molar refractivity (Wildman–Crippen MR) is 94.7 cm³/mol. The van der Waals surface area contributed by atoms with Crippen molar-refractivity contribution in [3.8, 4) is 0 Å². The maximum atomic E-state index is 12.4. The van der Waals surface area contributed by atoms with Gasteiger partial charge in [-0.2, -0.15) is 0 Å². The molecule has 1 amide bonds. The van der Waals surface area contributed by atoms with Gasteiger partial charge in [0.05, 0.1) is 12.0 Å². The Kier molecular flexibility index (Phi) is 7.83. The van der Waals surface area contributed by atoms with Crippen LogP contribution in [0.1, 0.15) is 25.7 Å². The number of hydrogen-bond acceptors (Lipinski definition) is 2. The van der Waals surface area contributed by atoms with E-state index in [1.165, 1.54) is 0 Å². The molecule has 0 aromatic heterocycles. The van der Waals surface area contributed by atoms with Gasteiger partial charge in [-0.25, -0.2) is 0 Å². The summed E-state index contributed by atoms with van der Waals surface area (Å²) < 4.78 is 0. The van der Waals surface area contributed by atoms with Crippen molar-refractivity contribution in [3.63, 3.8) is 0 Å². The van der Waals surface area contributed by atoms with E-state index in [1.807, 2.05) is 52.1 Å². The quantitative estimate of drug-likeness (QED) is 0.415. The van der Waals surface area contributed by atoms with Crippen molar-refractivity contribution in [2.75, 3.05) is 48.8 Å². The van der Waals surface area contributed by atoms with Gasteiger partial charge in [0.15, 0.2) is 5.96 Å². The van der Waals surface area contributed by atoms with Crippen molar-refractivity contribution in [2.24, 2.45) is 10.4 Å². The van der Waals surface area contributed by atoms with Crippen LogP contribution in [-0.2, 0) is 4.79 Å². The summed E-state index contributed by atoms with van der Waals surface area (Å²) in [6, 6.07) is 0. The van der Waals surface area contributed by atoms with Crippen LogP contribution in [0.5, 0.6) is 0 Å². The van der Waals surface area contributed by atoms with E-state index in [2.05, 4.69) is 0 Å². The first kappa shape index (κ1) is 19.5. The molecule has 6 heteroatoms. The molecule has 1 rings (SSSR count). The van der Waals surface area contributed by atoms with Crippen LogP contribution in [0.4, 0.5) is 0 Å². The van der Waals surface area contributed by atoms with E-state index >= 15 is 0 Å². The molecular weight excluding hydrogens is 367 g/mol.